The number of fused-ring (bicyclic) bond motifs is 1. The highest BCUT2D eigenvalue weighted by Crippen LogP contribution is 2.44. The van der Waals surface area contributed by atoms with E-state index in [0.717, 1.165) is 17.7 Å². The van der Waals surface area contributed by atoms with E-state index < -0.39 is 0 Å². The van der Waals surface area contributed by atoms with Crippen LogP contribution in [-0.2, 0) is 0 Å². The molecular weight excluding hydrogens is 266 g/mol. The van der Waals surface area contributed by atoms with E-state index in [1.807, 2.05) is 11.8 Å². The molecule has 0 aromatic heterocycles. The van der Waals surface area contributed by atoms with Gasteiger partial charge in [-0.2, -0.15) is 0 Å². The summed E-state index contributed by atoms with van der Waals surface area (Å²) in [5, 5.41) is 0. The minimum atomic E-state index is 0.252. The van der Waals surface area contributed by atoms with Gasteiger partial charge in [0.15, 0.2) is 0 Å². The van der Waals surface area contributed by atoms with Crippen LogP contribution in [0, 0.1) is 0 Å². The second kappa shape index (κ2) is 5.98. The fraction of sp³-hybridized carbons (Fsp3) is 0.647. The zero-order valence-electron chi connectivity index (χ0n) is 12.8. The summed E-state index contributed by atoms with van der Waals surface area (Å²) in [7, 11) is 2.28. The quantitative estimate of drug-likeness (QED) is 0.827. The van der Waals surface area contributed by atoms with Crippen LogP contribution in [0.1, 0.15) is 44.6 Å². The van der Waals surface area contributed by atoms with Gasteiger partial charge in [0.1, 0.15) is 5.75 Å². The fourth-order valence-electron chi connectivity index (χ4n) is 3.40. The Bertz CT molecular complexity index is 474. The number of ether oxygens (including phenoxy) is 1. The van der Waals surface area contributed by atoms with Crippen LogP contribution in [0.15, 0.2) is 23.1 Å². The van der Waals surface area contributed by atoms with Crippen LogP contribution < -0.4 is 4.74 Å². The lowest BCUT2D eigenvalue weighted by Gasteiger charge is -2.23. The standard InChI is InChI=1S/C17H25NOS/c1-12(2)19-15-6-7-16-13(11-20-17(16)10-15)9-14-5-4-8-18(14)3/h6-7,10,12-14H,4-5,8-9,11H2,1-3H3/t13-,14-/m1/s1. The minimum absolute atomic E-state index is 0.252. The van der Waals surface area contributed by atoms with Crippen molar-refractivity contribution in [3.8, 4) is 5.75 Å². The predicted molar refractivity (Wildman–Crippen MR) is 85.9 cm³/mol. The molecule has 2 heterocycles. The average molecular weight is 291 g/mol. The van der Waals surface area contributed by atoms with Gasteiger partial charge in [0.25, 0.3) is 0 Å². The summed E-state index contributed by atoms with van der Waals surface area (Å²) >= 11 is 2.00. The third-order valence-electron chi connectivity index (χ3n) is 4.46. The molecule has 0 saturated carbocycles. The van der Waals surface area contributed by atoms with Crippen molar-refractivity contribution >= 4 is 11.8 Å². The lowest BCUT2D eigenvalue weighted by atomic mass is 9.93. The number of hydrogen-bond acceptors (Lipinski definition) is 3. The van der Waals surface area contributed by atoms with Crippen molar-refractivity contribution < 1.29 is 4.74 Å². The molecule has 3 rings (SSSR count). The summed E-state index contributed by atoms with van der Waals surface area (Å²) in [5.74, 6) is 2.99. The highest BCUT2D eigenvalue weighted by Gasteiger charge is 2.29. The van der Waals surface area contributed by atoms with Crippen LogP contribution in [-0.4, -0.2) is 36.4 Å². The largest absolute Gasteiger partial charge is 0.491 e. The Morgan fingerprint density at radius 2 is 2.25 bits per heavy atom. The Morgan fingerprint density at radius 1 is 1.40 bits per heavy atom. The van der Waals surface area contributed by atoms with Crippen LogP contribution in [0.4, 0.5) is 0 Å². The molecule has 1 aromatic rings. The summed E-state index contributed by atoms with van der Waals surface area (Å²) in [5.41, 5.74) is 1.55. The Morgan fingerprint density at radius 3 is 2.95 bits per heavy atom. The van der Waals surface area contributed by atoms with Crippen LogP contribution in [0.2, 0.25) is 0 Å². The first kappa shape index (κ1) is 14.3. The normalized spacial score (nSPS) is 26.2. The summed E-state index contributed by atoms with van der Waals surface area (Å²) in [6.07, 6.45) is 4.32. The second-order valence-electron chi connectivity index (χ2n) is 6.39. The number of likely N-dealkylation sites (tertiary alicyclic amines) is 1. The van der Waals surface area contributed by atoms with Crippen molar-refractivity contribution in [2.24, 2.45) is 0 Å². The van der Waals surface area contributed by atoms with Gasteiger partial charge in [-0.3, -0.25) is 0 Å². The average Bonchev–Trinajstić information content (AvgIpc) is 2.97. The Hall–Kier alpha value is -0.670. The van der Waals surface area contributed by atoms with Gasteiger partial charge in [0.05, 0.1) is 6.10 Å². The van der Waals surface area contributed by atoms with Crippen molar-refractivity contribution in [3.63, 3.8) is 0 Å². The molecule has 0 N–H and O–H groups in total. The summed E-state index contributed by atoms with van der Waals surface area (Å²) in [6.45, 7) is 5.44. The van der Waals surface area contributed by atoms with Crippen molar-refractivity contribution in [2.45, 2.75) is 56.1 Å². The van der Waals surface area contributed by atoms with Gasteiger partial charge in [0.2, 0.25) is 0 Å². The van der Waals surface area contributed by atoms with Crippen LogP contribution in [0.5, 0.6) is 5.75 Å². The SMILES string of the molecule is CC(C)Oc1ccc2c(c1)SC[C@H]2C[C@H]1CCCN1C. The number of thioether (sulfide) groups is 1. The molecule has 1 aromatic carbocycles. The maximum absolute atomic E-state index is 5.80. The molecule has 0 spiro atoms. The number of benzene rings is 1. The summed E-state index contributed by atoms with van der Waals surface area (Å²) < 4.78 is 5.80. The van der Waals surface area contributed by atoms with Gasteiger partial charge in [0, 0.05) is 16.7 Å². The van der Waals surface area contributed by atoms with Gasteiger partial charge >= 0.3 is 0 Å². The molecule has 2 nitrogen and oxygen atoms in total. The number of rotatable bonds is 4. The van der Waals surface area contributed by atoms with E-state index in [4.69, 9.17) is 4.74 Å². The van der Waals surface area contributed by atoms with Crippen LogP contribution in [0.25, 0.3) is 0 Å². The maximum Gasteiger partial charge on any atom is 0.120 e. The molecule has 2 aliphatic rings. The second-order valence-corrected chi connectivity index (χ2v) is 7.45. The van der Waals surface area contributed by atoms with Crippen LogP contribution in [0.3, 0.4) is 0 Å². The molecule has 0 radical (unpaired) electrons. The van der Waals surface area contributed by atoms with E-state index in [1.165, 1.54) is 36.5 Å². The third-order valence-corrected chi connectivity index (χ3v) is 5.70. The van der Waals surface area contributed by atoms with E-state index in [2.05, 4.69) is 44.0 Å². The maximum atomic E-state index is 5.80. The van der Waals surface area contributed by atoms with Crippen molar-refractivity contribution in [1.82, 2.24) is 4.90 Å². The van der Waals surface area contributed by atoms with Gasteiger partial charge in [-0.25, -0.2) is 0 Å². The molecule has 0 aliphatic carbocycles. The van der Waals surface area contributed by atoms with E-state index in [0.29, 0.717) is 0 Å². The molecule has 110 valence electrons. The Kier molecular flexibility index (Phi) is 4.27. The smallest absolute Gasteiger partial charge is 0.120 e. The first-order valence-corrected chi connectivity index (χ1v) is 8.75. The van der Waals surface area contributed by atoms with Crippen molar-refractivity contribution in [1.29, 1.82) is 0 Å². The highest BCUT2D eigenvalue weighted by atomic mass is 32.2. The summed E-state index contributed by atoms with van der Waals surface area (Å²) in [4.78, 5) is 3.98. The van der Waals surface area contributed by atoms with Crippen molar-refractivity contribution in [3.05, 3.63) is 23.8 Å². The number of nitrogens with zero attached hydrogens (tertiary/aromatic N) is 1. The molecule has 2 atom stereocenters. The molecule has 0 bridgehead atoms. The van der Waals surface area contributed by atoms with Gasteiger partial charge < -0.3 is 9.64 Å². The zero-order chi connectivity index (χ0) is 14.1. The molecular formula is C17H25NOS. The van der Waals surface area contributed by atoms with Gasteiger partial charge in [-0.05, 0) is 70.3 Å². The molecule has 1 fully saturated rings. The molecule has 20 heavy (non-hydrogen) atoms. The Balaban J connectivity index is 1.70. The number of hydrogen-bond donors (Lipinski definition) is 0. The first-order chi connectivity index (χ1) is 9.63. The van der Waals surface area contributed by atoms with E-state index in [1.54, 1.807) is 5.56 Å². The third kappa shape index (κ3) is 2.99. The molecule has 2 aliphatic heterocycles. The van der Waals surface area contributed by atoms with Gasteiger partial charge in [-0.1, -0.05) is 6.07 Å². The van der Waals surface area contributed by atoms with E-state index in [9.17, 15) is 0 Å². The molecule has 0 unspecified atom stereocenters. The lowest BCUT2D eigenvalue weighted by molar-refractivity contribution is 0.241. The van der Waals surface area contributed by atoms with Crippen molar-refractivity contribution in [2.75, 3.05) is 19.3 Å². The van der Waals surface area contributed by atoms with E-state index in [-0.39, 0.29) is 6.10 Å². The topological polar surface area (TPSA) is 12.5 Å². The molecule has 1 saturated heterocycles. The fourth-order valence-corrected chi connectivity index (χ4v) is 4.70. The Labute approximate surface area is 126 Å². The monoisotopic (exact) mass is 291 g/mol. The first-order valence-electron chi connectivity index (χ1n) is 7.77. The molecule has 3 heteroatoms. The zero-order valence-corrected chi connectivity index (χ0v) is 13.6. The van der Waals surface area contributed by atoms with Crippen LogP contribution >= 0.6 is 11.8 Å². The minimum Gasteiger partial charge on any atom is -0.491 e. The predicted octanol–water partition coefficient (Wildman–Crippen LogP) is 4.15. The van der Waals surface area contributed by atoms with Gasteiger partial charge in [-0.15, -0.1) is 11.8 Å². The summed E-state index contributed by atoms with van der Waals surface area (Å²) in [6, 6.07) is 7.47. The lowest BCUT2D eigenvalue weighted by Crippen LogP contribution is -2.26. The van der Waals surface area contributed by atoms with E-state index >= 15 is 0 Å². The highest BCUT2D eigenvalue weighted by molar-refractivity contribution is 7.99. The molecule has 0 amide bonds.